The minimum atomic E-state index is -3.60. The summed E-state index contributed by atoms with van der Waals surface area (Å²) in [5.41, 5.74) is 1.32. The molecule has 0 atom stereocenters. The van der Waals surface area contributed by atoms with Crippen molar-refractivity contribution in [1.82, 2.24) is 14.5 Å². The van der Waals surface area contributed by atoms with E-state index in [1.807, 2.05) is 24.3 Å². The minimum Gasteiger partial charge on any atom is -0.379 e. The summed E-state index contributed by atoms with van der Waals surface area (Å²) in [5, 5.41) is 11.8. The number of ether oxygens (including phenoxy) is 1. The summed E-state index contributed by atoms with van der Waals surface area (Å²) >= 11 is 8.90. The summed E-state index contributed by atoms with van der Waals surface area (Å²) in [6.07, 6.45) is 0. The minimum absolute atomic E-state index is 0.144. The molecule has 12 heteroatoms. The van der Waals surface area contributed by atoms with E-state index in [9.17, 15) is 13.2 Å². The standard InChI is InChI=1S/C20H19ClN4O4S3/c21-17-4-2-1-3-15(17)13-30-20-24-23-19(31-20)22-18(26)14-5-7-16(8-6-14)32(27,28)25-9-11-29-12-10-25/h1-8H,9-13H2,(H,22,23,26). The van der Waals surface area contributed by atoms with Crippen LogP contribution in [-0.4, -0.2) is 55.1 Å². The molecule has 0 radical (unpaired) electrons. The molecule has 0 bridgehead atoms. The summed E-state index contributed by atoms with van der Waals surface area (Å²) in [6.45, 7) is 1.39. The van der Waals surface area contributed by atoms with Gasteiger partial charge < -0.3 is 4.74 Å². The number of nitrogens with one attached hydrogen (secondary N) is 1. The van der Waals surface area contributed by atoms with Crippen LogP contribution in [0.5, 0.6) is 0 Å². The number of hydrogen-bond acceptors (Lipinski definition) is 8. The quantitative estimate of drug-likeness (QED) is 0.381. The van der Waals surface area contributed by atoms with Crippen molar-refractivity contribution >= 4 is 55.8 Å². The van der Waals surface area contributed by atoms with Gasteiger partial charge in [-0.25, -0.2) is 8.42 Å². The number of sulfonamides is 1. The second-order valence-electron chi connectivity index (χ2n) is 6.75. The second kappa shape index (κ2) is 10.3. The summed E-state index contributed by atoms with van der Waals surface area (Å²) in [5.74, 6) is 0.251. The van der Waals surface area contributed by atoms with Crippen molar-refractivity contribution in [3.05, 3.63) is 64.7 Å². The molecule has 168 valence electrons. The molecule has 1 N–H and O–H groups in total. The molecule has 0 saturated carbocycles. The zero-order chi connectivity index (χ0) is 22.6. The van der Waals surface area contributed by atoms with Gasteiger partial charge in [-0.15, -0.1) is 10.2 Å². The maximum atomic E-state index is 12.7. The Kier molecular flexibility index (Phi) is 7.44. The number of rotatable bonds is 7. The molecule has 1 saturated heterocycles. The van der Waals surface area contributed by atoms with Gasteiger partial charge in [0.25, 0.3) is 5.91 Å². The van der Waals surface area contributed by atoms with E-state index in [2.05, 4.69) is 15.5 Å². The predicted octanol–water partition coefficient (Wildman–Crippen LogP) is 3.76. The Morgan fingerprint density at radius 1 is 1.12 bits per heavy atom. The molecule has 1 aliphatic rings. The third-order valence-electron chi connectivity index (χ3n) is 4.66. The van der Waals surface area contributed by atoms with Crippen LogP contribution in [-0.2, 0) is 20.5 Å². The molecule has 8 nitrogen and oxygen atoms in total. The molecule has 1 aliphatic heterocycles. The van der Waals surface area contributed by atoms with E-state index >= 15 is 0 Å². The number of nitrogens with zero attached hydrogens (tertiary/aromatic N) is 3. The van der Waals surface area contributed by atoms with Crippen LogP contribution in [0.25, 0.3) is 0 Å². The first-order valence-electron chi connectivity index (χ1n) is 9.62. The van der Waals surface area contributed by atoms with Gasteiger partial charge in [-0.3, -0.25) is 10.1 Å². The third-order valence-corrected chi connectivity index (χ3v) is 8.96. The highest BCUT2D eigenvalue weighted by molar-refractivity contribution is 8.00. The number of thioether (sulfide) groups is 1. The fourth-order valence-electron chi connectivity index (χ4n) is 2.96. The number of hydrogen-bond donors (Lipinski definition) is 1. The van der Waals surface area contributed by atoms with Gasteiger partial charge in [-0.2, -0.15) is 4.31 Å². The lowest BCUT2D eigenvalue weighted by atomic mass is 10.2. The summed E-state index contributed by atoms with van der Waals surface area (Å²) in [4.78, 5) is 12.7. The normalized spacial score (nSPS) is 14.9. The summed E-state index contributed by atoms with van der Waals surface area (Å²) < 4.78 is 32.7. The molecule has 1 amide bonds. The van der Waals surface area contributed by atoms with Gasteiger partial charge >= 0.3 is 0 Å². The first-order valence-corrected chi connectivity index (χ1v) is 13.2. The maximum Gasteiger partial charge on any atom is 0.257 e. The third kappa shape index (κ3) is 5.48. The highest BCUT2D eigenvalue weighted by Gasteiger charge is 2.26. The lowest BCUT2D eigenvalue weighted by Crippen LogP contribution is -2.40. The highest BCUT2D eigenvalue weighted by Crippen LogP contribution is 2.30. The molecule has 0 unspecified atom stereocenters. The number of aromatic nitrogens is 2. The summed E-state index contributed by atoms with van der Waals surface area (Å²) in [6, 6.07) is 13.4. The van der Waals surface area contributed by atoms with Crippen LogP contribution in [0.2, 0.25) is 5.02 Å². The van der Waals surface area contributed by atoms with Crippen molar-refractivity contribution in [3.63, 3.8) is 0 Å². The maximum absolute atomic E-state index is 12.7. The Morgan fingerprint density at radius 3 is 2.56 bits per heavy atom. The zero-order valence-electron chi connectivity index (χ0n) is 16.7. The van der Waals surface area contributed by atoms with Crippen LogP contribution in [0.3, 0.4) is 0 Å². The van der Waals surface area contributed by atoms with Gasteiger partial charge in [0.2, 0.25) is 15.2 Å². The first kappa shape index (κ1) is 23.1. The van der Waals surface area contributed by atoms with Crippen LogP contribution in [0.4, 0.5) is 5.13 Å². The van der Waals surface area contributed by atoms with Crippen LogP contribution >= 0.6 is 34.7 Å². The molecular weight excluding hydrogens is 492 g/mol. The number of benzene rings is 2. The van der Waals surface area contributed by atoms with Gasteiger partial charge in [0.15, 0.2) is 4.34 Å². The van der Waals surface area contributed by atoms with E-state index < -0.39 is 10.0 Å². The van der Waals surface area contributed by atoms with E-state index in [1.165, 1.54) is 51.7 Å². The van der Waals surface area contributed by atoms with Crippen LogP contribution in [0.15, 0.2) is 57.8 Å². The van der Waals surface area contributed by atoms with Crippen LogP contribution < -0.4 is 5.32 Å². The molecule has 2 aromatic carbocycles. The van der Waals surface area contributed by atoms with Crippen molar-refractivity contribution in [2.24, 2.45) is 0 Å². The molecule has 2 heterocycles. The molecule has 3 aromatic rings. The van der Waals surface area contributed by atoms with Gasteiger partial charge in [0.1, 0.15) is 0 Å². The Bertz CT molecular complexity index is 1200. The largest absolute Gasteiger partial charge is 0.379 e. The number of halogens is 1. The topological polar surface area (TPSA) is 101 Å². The number of anilines is 1. The smallest absolute Gasteiger partial charge is 0.257 e. The van der Waals surface area contributed by atoms with Crippen LogP contribution in [0, 0.1) is 0 Å². The van der Waals surface area contributed by atoms with Crippen molar-refractivity contribution in [1.29, 1.82) is 0 Å². The molecule has 1 aromatic heterocycles. The van der Waals surface area contributed by atoms with Gasteiger partial charge in [-0.05, 0) is 35.9 Å². The molecule has 1 fully saturated rings. The number of morpholine rings is 1. The van der Waals surface area contributed by atoms with Crippen molar-refractivity contribution in [3.8, 4) is 0 Å². The van der Waals surface area contributed by atoms with Gasteiger partial charge in [-0.1, -0.05) is 52.9 Å². The van der Waals surface area contributed by atoms with E-state index in [4.69, 9.17) is 16.3 Å². The van der Waals surface area contributed by atoms with Crippen molar-refractivity contribution in [2.45, 2.75) is 15.0 Å². The molecule has 4 rings (SSSR count). The van der Waals surface area contributed by atoms with E-state index in [-0.39, 0.29) is 10.8 Å². The highest BCUT2D eigenvalue weighted by atomic mass is 35.5. The molecule has 0 aliphatic carbocycles. The number of amides is 1. The number of carbonyl (C=O) groups is 1. The summed E-state index contributed by atoms with van der Waals surface area (Å²) in [7, 11) is -3.60. The monoisotopic (exact) mass is 510 g/mol. The Labute approximate surface area is 199 Å². The second-order valence-corrected chi connectivity index (χ2v) is 11.3. The molecule has 0 spiro atoms. The zero-order valence-corrected chi connectivity index (χ0v) is 19.9. The lowest BCUT2D eigenvalue weighted by molar-refractivity contribution is 0.0730. The van der Waals surface area contributed by atoms with Gasteiger partial charge in [0.05, 0.1) is 18.1 Å². The fraction of sp³-hybridized carbons (Fsp3) is 0.250. The Morgan fingerprint density at radius 2 is 1.84 bits per heavy atom. The Balaban J connectivity index is 1.36. The lowest BCUT2D eigenvalue weighted by Gasteiger charge is -2.26. The molecule has 32 heavy (non-hydrogen) atoms. The van der Waals surface area contributed by atoms with Gasteiger partial charge in [0, 0.05) is 29.4 Å². The number of carbonyl (C=O) groups excluding carboxylic acids is 1. The first-order chi connectivity index (χ1) is 15.4. The SMILES string of the molecule is O=C(Nc1nnc(SCc2ccccc2Cl)s1)c1ccc(S(=O)(=O)N2CCOCC2)cc1. The average molecular weight is 511 g/mol. The average Bonchev–Trinajstić information content (AvgIpc) is 3.26. The fourth-order valence-corrected chi connectivity index (χ4v) is 6.40. The van der Waals surface area contributed by atoms with Crippen LogP contribution in [0.1, 0.15) is 15.9 Å². The van der Waals surface area contributed by atoms with Crippen molar-refractivity contribution in [2.75, 3.05) is 31.6 Å². The predicted molar refractivity (Wildman–Crippen MR) is 125 cm³/mol. The molecular formula is C20H19ClN4O4S3. The Hall–Kier alpha value is -2.02. The van der Waals surface area contributed by atoms with E-state index in [0.29, 0.717) is 52.1 Å². The van der Waals surface area contributed by atoms with Crippen molar-refractivity contribution < 1.29 is 17.9 Å². The van der Waals surface area contributed by atoms with E-state index in [0.717, 1.165) is 5.56 Å². The van der Waals surface area contributed by atoms with E-state index in [1.54, 1.807) is 0 Å².